The molecule has 1 aromatic carbocycles. The molecule has 2 aromatic rings. The number of nitrogens with two attached hydrogens (primary N) is 1. The van der Waals surface area contributed by atoms with Gasteiger partial charge in [0.15, 0.2) is 0 Å². The Balaban J connectivity index is 1.71. The second kappa shape index (κ2) is 8.46. The zero-order valence-electron chi connectivity index (χ0n) is 14.6. The van der Waals surface area contributed by atoms with Crippen LogP contribution in [0.15, 0.2) is 29.4 Å². The first-order valence-corrected chi connectivity index (χ1v) is 8.69. The number of fused-ring (bicyclic) bond motifs is 1. The van der Waals surface area contributed by atoms with Crippen molar-refractivity contribution in [2.75, 3.05) is 44.2 Å². The van der Waals surface area contributed by atoms with Crippen molar-refractivity contribution < 1.29 is 4.79 Å². The second-order valence-electron chi connectivity index (χ2n) is 6.27. The number of piperazine rings is 1. The molecule has 2 N–H and O–H groups in total. The molecular formula is C17H22N8O. The van der Waals surface area contributed by atoms with Gasteiger partial charge >= 0.3 is 0 Å². The number of primary amides is 1. The van der Waals surface area contributed by atoms with Crippen LogP contribution in [0.1, 0.15) is 12.1 Å². The molecule has 0 atom stereocenters. The highest BCUT2D eigenvalue weighted by Gasteiger charge is 2.20. The van der Waals surface area contributed by atoms with E-state index in [9.17, 15) is 4.79 Å². The van der Waals surface area contributed by atoms with Crippen molar-refractivity contribution in [1.29, 1.82) is 0 Å². The van der Waals surface area contributed by atoms with Gasteiger partial charge in [0.2, 0.25) is 11.9 Å². The third kappa shape index (κ3) is 4.38. The first-order chi connectivity index (χ1) is 12.7. The van der Waals surface area contributed by atoms with Crippen molar-refractivity contribution in [3.63, 3.8) is 0 Å². The normalized spacial score (nSPS) is 15.0. The Bertz CT molecular complexity index is 825. The predicted molar refractivity (Wildman–Crippen MR) is 99.7 cm³/mol. The van der Waals surface area contributed by atoms with Gasteiger partial charge in [0.25, 0.3) is 0 Å². The number of aromatic nitrogens is 2. The van der Waals surface area contributed by atoms with Gasteiger partial charge in [0.1, 0.15) is 0 Å². The lowest BCUT2D eigenvalue weighted by molar-refractivity contribution is -0.117. The van der Waals surface area contributed by atoms with E-state index < -0.39 is 5.91 Å². The van der Waals surface area contributed by atoms with Gasteiger partial charge in [0, 0.05) is 43.0 Å². The van der Waals surface area contributed by atoms with E-state index in [0.717, 1.165) is 50.0 Å². The first kappa shape index (κ1) is 17.9. The van der Waals surface area contributed by atoms with Gasteiger partial charge in [-0.2, -0.15) is 0 Å². The maximum Gasteiger partial charge on any atom is 0.226 e. The lowest BCUT2D eigenvalue weighted by Crippen LogP contribution is -2.47. The molecule has 1 fully saturated rings. The number of rotatable bonds is 7. The third-order valence-corrected chi connectivity index (χ3v) is 4.46. The van der Waals surface area contributed by atoms with Crippen molar-refractivity contribution in [2.45, 2.75) is 12.8 Å². The van der Waals surface area contributed by atoms with Crippen molar-refractivity contribution in [3.8, 4) is 0 Å². The molecule has 1 amide bonds. The van der Waals surface area contributed by atoms with Crippen LogP contribution in [0.3, 0.4) is 0 Å². The van der Waals surface area contributed by atoms with E-state index in [2.05, 4.69) is 29.8 Å². The molecule has 9 nitrogen and oxygen atoms in total. The fourth-order valence-corrected chi connectivity index (χ4v) is 3.15. The molecule has 9 heteroatoms. The number of carbonyl (C=O) groups excluding carboxylic acids is 1. The van der Waals surface area contributed by atoms with Gasteiger partial charge in [-0.3, -0.25) is 9.69 Å². The van der Waals surface area contributed by atoms with E-state index >= 15 is 0 Å². The van der Waals surface area contributed by atoms with Crippen LogP contribution in [0.25, 0.3) is 21.3 Å². The SMILES string of the molecule is [N-]=[N+]=NCCCN1CCN(c2nc(CC(N)=O)c3ccccc3n2)CC1. The molecule has 3 rings (SSSR count). The largest absolute Gasteiger partial charge is 0.369 e. The van der Waals surface area contributed by atoms with Gasteiger partial charge in [-0.1, -0.05) is 23.3 Å². The summed E-state index contributed by atoms with van der Waals surface area (Å²) in [7, 11) is 0. The van der Waals surface area contributed by atoms with Gasteiger partial charge in [-0.05, 0) is 24.6 Å². The number of azide groups is 1. The molecule has 1 saturated heterocycles. The van der Waals surface area contributed by atoms with E-state index in [1.807, 2.05) is 24.3 Å². The quantitative estimate of drug-likeness (QED) is 0.349. The molecule has 0 aliphatic carbocycles. The molecule has 0 bridgehead atoms. The van der Waals surface area contributed by atoms with Crippen LogP contribution in [-0.2, 0) is 11.2 Å². The summed E-state index contributed by atoms with van der Waals surface area (Å²) in [5.41, 5.74) is 15.2. The molecule has 0 radical (unpaired) electrons. The Morgan fingerprint density at radius 2 is 2.00 bits per heavy atom. The Hall–Kier alpha value is -2.90. The lowest BCUT2D eigenvalue weighted by Gasteiger charge is -2.34. The number of anilines is 1. The van der Waals surface area contributed by atoms with Crippen LogP contribution in [-0.4, -0.2) is 60.0 Å². The maximum atomic E-state index is 11.4. The molecule has 0 spiro atoms. The fraction of sp³-hybridized carbons (Fsp3) is 0.471. The van der Waals surface area contributed by atoms with Crippen LogP contribution < -0.4 is 10.6 Å². The number of para-hydroxylation sites is 1. The molecule has 0 saturated carbocycles. The van der Waals surface area contributed by atoms with Crippen LogP contribution >= 0.6 is 0 Å². The van der Waals surface area contributed by atoms with Crippen molar-refractivity contribution >= 4 is 22.8 Å². The Labute approximate surface area is 151 Å². The van der Waals surface area contributed by atoms with Crippen molar-refractivity contribution in [3.05, 3.63) is 40.4 Å². The highest BCUT2D eigenvalue weighted by atomic mass is 16.1. The van der Waals surface area contributed by atoms with Crippen LogP contribution in [0.2, 0.25) is 0 Å². The summed E-state index contributed by atoms with van der Waals surface area (Å²) in [6.45, 7) is 4.88. The number of carbonyl (C=O) groups is 1. The Morgan fingerprint density at radius 1 is 1.23 bits per heavy atom. The summed E-state index contributed by atoms with van der Waals surface area (Å²) in [6, 6.07) is 7.68. The summed E-state index contributed by atoms with van der Waals surface area (Å²) in [5, 5.41) is 4.43. The third-order valence-electron chi connectivity index (χ3n) is 4.46. The number of hydrogen-bond donors (Lipinski definition) is 1. The van der Waals surface area contributed by atoms with E-state index in [4.69, 9.17) is 11.3 Å². The molecule has 0 unspecified atom stereocenters. The average Bonchev–Trinajstić information content (AvgIpc) is 2.65. The van der Waals surface area contributed by atoms with Crippen molar-refractivity contribution in [1.82, 2.24) is 14.9 Å². The summed E-state index contributed by atoms with van der Waals surface area (Å²) in [5.74, 6) is 0.248. The minimum atomic E-state index is -0.398. The Kier molecular flexibility index (Phi) is 5.83. The predicted octanol–water partition coefficient (Wildman–Crippen LogP) is 1.48. The summed E-state index contributed by atoms with van der Waals surface area (Å²) in [6.07, 6.45) is 0.967. The minimum Gasteiger partial charge on any atom is -0.369 e. The van der Waals surface area contributed by atoms with Gasteiger partial charge < -0.3 is 10.6 Å². The molecule has 1 aliphatic rings. The molecule has 26 heavy (non-hydrogen) atoms. The summed E-state index contributed by atoms with van der Waals surface area (Å²) >= 11 is 0. The Morgan fingerprint density at radius 3 is 2.73 bits per heavy atom. The smallest absolute Gasteiger partial charge is 0.226 e. The van der Waals surface area contributed by atoms with Crippen LogP contribution in [0.5, 0.6) is 0 Å². The van der Waals surface area contributed by atoms with E-state index in [1.165, 1.54) is 0 Å². The fourth-order valence-electron chi connectivity index (χ4n) is 3.15. The van der Waals surface area contributed by atoms with Gasteiger partial charge in [-0.15, -0.1) is 0 Å². The molecular weight excluding hydrogens is 332 g/mol. The summed E-state index contributed by atoms with van der Waals surface area (Å²) < 4.78 is 0. The number of hydrogen-bond acceptors (Lipinski definition) is 6. The molecule has 1 aliphatic heterocycles. The highest BCUT2D eigenvalue weighted by Crippen LogP contribution is 2.21. The number of nitrogens with zero attached hydrogens (tertiary/aromatic N) is 7. The van der Waals surface area contributed by atoms with E-state index in [-0.39, 0.29) is 6.42 Å². The monoisotopic (exact) mass is 354 g/mol. The minimum absolute atomic E-state index is 0.107. The van der Waals surface area contributed by atoms with E-state index in [1.54, 1.807) is 0 Å². The zero-order valence-corrected chi connectivity index (χ0v) is 14.6. The van der Waals surface area contributed by atoms with Gasteiger partial charge in [-0.25, -0.2) is 9.97 Å². The lowest BCUT2D eigenvalue weighted by atomic mass is 10.1. The average molecular weight is 354 g/mol. The number of amides is 1. The van der Waals surface area contributed by atoms with Gasteiger partial charge in [0.05, 0.1) is 17.6 Å². The second-order valence-corrected chi connectivity index (χ2v) is 6.27. The first-order valence-electron chi connectivity index (χ1n) is 8.69. The molecule has 136 valence electrons. The standard InChI is InChI=1S/C17H22N8O/c18-16(26)12-15-13-4-1-2-5-14(13)21-17(22-15)25-10-8-24(9-11-25)7-3-6-20-23-19/h1-2,4-5H,3,6-12H2,(H2,18,26). The zero-order chi connectivity index (χ0) is 18.4. The maximum absolute atomic E-state index is 11.4. The van der Waals surface area contributed by atoms with Crippen LogP contribution in [0, 0.1) is 0 Å². The summed E-state index contributed by atoms with van der Waals surface area (Å²) in [4.78, 5) is 27.9. The van der Waals surface area contributed by atoms with E-state index in [0.29, 0.717) is 18.2 Å². The molecule has 1 aromatic heterocycles. The van der Waals surface area contributed by atoms with Crippen LogP contribution in [0.4, 0.5) is 5.95 Å². The highest BCUT2D eigenvalue weighted by molar-refractivity contribution is 5.87. The topological polar surface area (TPSA) is 124 Å². The number of benzene rings is 1. The molecule has 2 heterocycles. The van der Waals surface area contributed by atoms with Crippen molar-refractivity contribution in [2.24, 2.45) is 10.8 Å².